The minimum atomic E-state index is -3.65. The molecule has 0 saturated heterocycles. The molecule has 2 aromatic carbocycles. The van der Waals surface area contributed by atoms with E-state index in [2.05, 4.69) is 20.7 Å². The van der Waals surface area contributed by atoms with E-state index in [0.717, 1.165) is 0 Å². The van der Waals surface area contributed by atoms with Crippen LogP contribution >= 0.6 is 15.9 Å². The highest BCUT2D eigenvalue weighted by molar-refractivity contribution is 9.10. The molecule has 1 unspecified atom stereocenters. The minimum absolute atomic E-state index is 0.162. The lowest BCUT2D eigenvalue weighted by Crippen LogP contribution is -2.26. The minimum Gasteiger partial charge on any atom is -0.207 e. The van der Waals surface area contributed by atoms with Crippen LogP contribution in [0.15, 0.2) is 57.9 Å². The summed E-state index contributed by atoms with van der Waals surface area (Å²) in [6, 6.07) is 11.8. The average molecular weight is 358 g/mol. The fourth-order valence-electron chi connectivity index (χ4n) is 1.78. The van der Waals surface area contributed by atoms with Gasteiger partial charge in [-0.25, -0.2) is 17.5 Å². The molecule has 20 heavy (non-hydrogen) atoms. The van der Waals surface area contributed by atoms with Crippen molar-refractivity contribution < 1.29 is 12.8 Å². The fourth-order valence-corrected chi connectivity index (χ4v) is 3.61. The molecule has 1 atom stereocenters. The molecule has 0 saturated carbocycles. The maximum atomic E-state index is 13.2. The lowest BCUT2D eigenvalue weighted by Gasteiger charge is -2.15. The molecular weight excluding hydrogens is 345 g/mol. The van der Waals surface area contributed by atoms with Gasteiger partial charge < -0.3 is 0 Å². The molecule has 0 spiro atoms. The van der Waals surface area contributed by atoms with Crippen molar-refractivity contribution in [2.75, 3.05) is 0 Å². The number of hydrogen-bond acceptors (Lipinski definition) is 2. The van der Waals surface area contributed by atoms with Crippen molar-refractivity contribution in [1.82, 2.24) is 4.72 Å². The highest BCUT2D eigenvalue weighted by Crippen LogP contribution is 2.20. The molecule has 0 amide bonds. The van der Waals surface area contributed by atoms with Gasteiger partial charge in [-0.3, -0.25) is 0 Å². The number of sulfonamides is 1. The van der Waals surface area contributed by atoms with Crippen LogP contribution in [0.3, 0.4) is 0 Å². The molecular formula is C14H13BrFNO2S. The van der Waals surface area contributed by atoms with Crippen LogP contribution in [0.1, 0.15) is 18.5 Å². The monoisotopic (exact) mass is 357 g/mol. The summed E-state index contributed by atoms with van der Waals surface area (Å²) in [5, 5.41) is 0. The first-order chi connectivity index (χ1) is 9.38. The van der Waals surface area contributed by atoms with E-state index in [1.807, 2.05) is 0 Å². The van der Waals surface area contributed by atoms with E-state index in [0.29, 0.717) is 10.0 Å². The van der Waals surface area contributed by atoms with E-state index in [1.54, 1.807) is 31.2 Å². The van der Waals surface area contributed by atoms with E-state index in [-0.39, 0.29) is 4.90 Å². The highest BCUT2D eigenvalue weighted by Gasteiger charge is 2.18. The van der Waals surface area contributed by atoms with Gasteiger partial charge in [-0.2, -0.15) is 0 Å². The Labute approximate surface area is 126 Å². The van der Waals surface area contributed by atoms with E-state index in [1.165, 1.54) is 24.3 Å². The topological polar surface area (TPSA) is 46.2 Å². The first-order valence-electron chi connectivity index (χ1n) is 5.92. The predicted molar refractivity (Wildman–Crippen MR) is 79.3 cm³/mol. The van der Waals surface area contributed by atoms with Crippen molar-refractivity contribution in [3.05, 3.63) is 64.4 Å². The summed E-state index contributed by atoms with van der Waals surface area (Å²) >= 11 is 3.23. The zero-order valence-corrected chi connectivity index (χ0v) is 13.1. The maximum Gasteiger partial charge on any atom is 0.241 e. The Kier molecular flexibility index (Phi) is 4.57. The Bertz CT molecular complexity index is 719. The molecule has 0 aliphatic rings. The van der Waals surface area contributed by atoms with Crippen LogP contribution in [0.2, 0.25) is 0 Å². The second kappa shape index (κ2) is 6.03. The molecule has 6 heteroatoms. The van der Waals surface area contributed by atoms with Crippen molar-refractivity contribution in [2.45, 2.75) is 17.9 Å². The SMILES string of the molecule is CC(NS(=O)(=O)c1cccc(Br)c1)c1cccc(F)c1. The van der Waals surface area contributed by atoms with Gasteiger partial charge in [0.2, 0.25) is 10.0 Å². The second-order valence-corrected chi connectivity index (χ2v) is 6.99. The standard InChI is InChI=1S/C14H13BrFNO2S/c1-10(11-4-2-6-13(16)8-11)17-20(18,19)14-7-3-5-12(15)9-14/h2-10,17H,1H3. The lowest BCUT2D eigenvalue weighted by atomic mass is 10.1. The van der Waals surface area contributed by atoms with Gasteiger partial charge in [0.05, 0.1) is 4.90 Å². The smallest absolute Gasteiger partial charge is 0.207 e. The third-order valence-electron chi connectivity index (χ3n) is 2.79. The summed E-state index contributed by atoms with van der Waals surface area (Å²) in [5.74, 6) is -0.393. The molecule has 106 valence electrons. The summed E-state index contributed by atoms with van der Waals surface area (Å²) in [6.45, 7) is 1.67. The molecule has 2 aromatic rings. The molecule has 0 heterocycles. The van der Waals surface area contributed by atoms with Crippen LogP contribution in [0, 0.1) is 5.82 Å². The second-order valence-electron chi connectivity index (χ2n) is 4.36. The van der Waals surface area contributed by atoms with Gasteiger partial charge in [-0.1, -0.05) is 34.1 Å². The summed E-state index contributed by atoms with van der Waals surface area (Å²) in [6.07, 6.45) is 0. The normalized spacial score (nSPS) is 13.2. The highest BCUT2D eigenvalue weighted by atomic mass is 79.9. The van der Waals surface area contributed by atoms with Crippen molar-refractivity contribution >= 4 is 26.0 Å². The van der Waals surface area contributed by atoms with E-state index >= 15 is 0 Å². The zero-order valence-electron chi connectivity index (χ0n) is 10.7. The van der Waals surface area contributed by atoms with Crippen LogP contribution in [-0.2, 0) is 10.0 Å². The van der Waals surface area contributed by atoms with Gasteiger partial charge in [-0.05, 0) is 42.8 Å². The van der Waals surface area contributed by atoms with Crippen molar-refractivity contribution in [3.63, 3.8) is 0 Å². The largest absolute Gasteiger partial charge is 0.241 e. The van der Waals surface area contributed by atoms with Crippen molar-refractivity contribution in [1.29, 1.82) is 0 Å². The third-order valence-corrected chi connectivity index (χ3v) is 4.82. The number of hydrogen-bond donors (Lipinski definition) is 1. The number of halogens is 2. The number of rotatable bonds is 4. The van der Waals surface area contributed by atoms with Crippen LogP contribution in [0.4, 0.5) is 4.39 Å². The average Bonchev–Trinajstić information content (AvgIpc) is 2.38. The molecule has 0 fully saturated rings. The molecule has 0 radical (unpaired) electrons. The molecule has 3 nitrogen and oxygen atoms in total. The van der Waals surface area contributed by atoms with Crippen molar-refractivity contribution in [2.24, 2.45) is 0 Å². The fraction of sp³-hybridized carbons (Fsp3) is 0.143. The van der Waals surface area contributed by atoms with Gasteiger partial charge in [-0.15, -0.1) is 0 Å². The van der Waals surface area contributed by atoms with Crippen LogP contribution in [-0.4, -0.2) is 8.42 Å². The summed E-state index contributed by atoms with van der Waals surface area (Å²) in [5.41, 5.74) is 0.573. The predicted octanol–water partition coefficient (Wildman–Crippen LogP) is 3.63. The van der Waals surface area contributed by atoms with Crippen LogP contribution in [0.5, 0.6) is 0 Å². The maximum absolute atomic E-state index is 13.2. The van der Waals surface area contributed by atoms with Gasteiger partial charge >= 0.3 is 0 Å². The van der Waals surface area contributed by atoms with Crippen molar-refractivity contribution in [3.8, 4) is 0 Å². The Balaban J connectivity index is 2.24. The number of benzene rings is 2. The van der Waals surface area contributed by atoms with Crippen LogP contribution in [0.25, 0.3) is 0 Å². The van der Waals surface area contributed by atoms with E-state index < -0.39 is 21.9 Å². The quantitative estimate of drug-likeness (QED) is 0.907. The molecule has 0 aliphatic heterocycles. The third kappa shape index (κ3) is 3.65. The Morgan fingerprint density at radius 2 is 1.85 bits per heavy atom. The molecule has 0 aliphatic carbocycles. The number of nitrogens with one attached hydrogen (secondary N) is 1. The summed E-state index contributed by atoms with van der Waals surface area (Å²) in [7, 11) is -3.65. The van der Waals surface area contributed by atoms with Gasteiger partial charge in [0.25, 0.3) is 0 Å². The molecule has 1 N–H and O–H groups in total. The molecule has 0 bridgehead atoms. The zero-order chi connectivity index (χ0) is 14.8. The van der Waals surface area contributed by atoms with Gasteiger partial charge in [0, 0.05) is 10.5 Å². The first-order valence-corrected chi connectivity index (χ1v) is 8.19. The molecule has 0 aromatic heterocycles. The Morgan fingerprint density at radius 3 is 2.50 bits per heavy atom. The van der Waals surface area contributed by atoms with Gasteiger partial charge in [0.15, 0.2) is 0 Å². The van der Waals surface area contributed by atoms with Crippen LogP contribution < -0.4 is 4.72 Å². The van der Waals surface area contributed by atoms with E-state index in [4.69, 9.17) is 0 Å². The summed E-state index contributed by atoms with van der Waals surface area (Å²) in [4.78, 5) is 0.162. The van der Waals surface area contributed by atoms with E-state index in [9.17, 15) is 12.8 Å². The molecule has 2 rings (SSSR count). The first kappa shape index (κ1) is 15.2. The van der Waals surface area contributed by atoms with Gasteiger partial charge in [0.1, 0.15) is 5.82 Å². The lowest BCUT2D eigenvalue weighted by molar-refractivity contribution is 0.564. The Hall–Kier alpha value is -1.24. The summed E-state index contributed by atoms with van der Waals surface area (Å²) < 4.78 is 40.8. The Morgan fingerprint density at radius 1 is 1.15 bits per heavy atom.